The van der Waals surface area contributed by atoms with Gasteiger partial charge in [-0.15, -0.1) is 0 Å². The Morgan fingerprint density at radius 3 is 2.72 bits per heavy atom. The van der Waals surface area contributed by atoms with Gasteiger partial charge in [-0.25, -0.2) is 4.39 Å². The number of aromatic nitrogens is 2. The normalized spacial score (nSPS) is 12.5. The molecule has 3 aromatic rings. The first-order valence-corrected chi connectivity index (χ1v) is 8.03. The molecule has 1 aromatic heterocycles. The van der Waals surface area contributed by atoms with Crippen LogP contribution in [-0.4, -0.2) is 33.8 Å². The summed E-state index contributed by atoms with van der Waals surface area (Å²) in [6, 6.07) is 13.7. The van der Waals surface area contributed by atoms with Crippen molar-refractivity contribution in [3.05, 3.63) is 71.3 Å². The Hall–Kier alpha value is -2.57. The molecule has 1 N–H and O–H groups in total. The minimum atomic E-state index is -0.351. The van der Waals surface area contributed by atoms with Crippen LogP contribution < -0.4 is 0 Å². The molecule has 0 aliphatic heterocycles. The molecule has 0 unspecified atom stereocenters. The summed E-state index contributed by atoms with van der Waals surface area (Å²) in [5.41, 5.74) is 2.65. The summed E-state index contributed by atoms with van der Waals surface area (Å²) in [5.74, 6) is 0.647. The van der Waals surface area contributed by atoms with Gasteiger partial charge in [0.25, 0.3) is 5.89 Å². The van der Waals surface area contributed by atoms with Gasteiger partial charge in [0.05, 0.1) is 19.2 Å². The van der Waals surface area contributed by atoms with E-state index in [2.05, 4.69) is 10.1 Å². The number of benzene rings is 2. The highest BCUT2D eigenvalue weighted by Gasteiger charge is 2.19. The molecule has 3 rings (SSSR count). The molecular formula is C19H20FN3O2. The van der Waals surface area contributed by atoms with Crippen LogP contribution >= 0.6 is 0 Å². The Morgan fingerprint density at radius 1 is 1.20 bits per heavy atom. The van der Waals surface area contributed by atoms with E-state index in [-0.39, 0.29) is 18.5 Å². The van der Waals surface area contributed by atoms with Crippen LogP contribution in [0.5, 0.6) is 0 Å². The maximum atomic E-state index is 13.4. The Labute approximate surface area is 145 Å². The minimum absolute atomic E-state index is 0.136. The van der Waals surface area contributed by atoms with Crippen LogP contribution in [0.25, 0.3) is 11.5 Å². The topological polar surface area (TPSA) is 62.4 Å². The number of hydrogen-bond donors (Lipinski definition) is 1. The van der Waals surface area contributed by atoms with E-state index in [0.29, 0.717) is 23.8 Å². The smallest absolute Gasteiger partial charge is 0.258 e. The Balaban J connectivity index is 1.77. The van der Waals surface area contributed by atoms with Crippen LogP contribution in [0.1, 0.15) is 23.0 Å². The number of aliphatic hydroxyl groups excluding tert-OH is 1. The summed E-state index contributed by atoms with van der Waals surface area (Å²) < 4.78 is 18.8. The molecule has 0 aliphatic carbocycles. The molecule has 0 fully saturated rings. The highest BCUT2D eigenvalue weighted by atomic mass is 19.1. The zero-order chi connectivity index (χ0) is 17.8. The SMILES string of the molecule is Cc1ccccc1-c1nc(CN(C)[C@H](CO)c2cccc(F)c2)no1. The van der Waals surface area contributed by atoms with Gasteiger partial charge in [-0.3, -0.25) is 4.90 Å². The van der Waals surface area contributed by atoms with E-state index in [1.54, 1.807) is 12.1 Å². The van der Waals surface area contributed by atoms with Crippen molar-refractivity contribution in [2.75, 3.05) is 13.7 Å². The summed E-state index contributed by atoms with van der Waals surface area (Å²) in [6.45, 7) is 2.22. The lowest BCUT2D eigenvalue weighted by molar-refractivity contribution is 0.139. The average Bonchev–Trinajstić information content (AvgIpc) is 3.04. The fraction of sp³-hybridized carbons (Fsp3) is 0.263. The van der Waals surface area contributed by atoms with E-state index in [1.807, 2.05) is 43.1 Å². The Morgan fingerprint density at radius 2 is 2.00 bits per heavy atom. The number of nitrogens with zero attached hydrogens (tertiary/aromatic N) is 3. The lowest BCUT2D eigenvalue weighted by atomic mass is 10.1. The van der Waals surface area contributed by atoms with Crippen molar-refractivity contribution in [3.63, 3.8) is 0 Å². The number of halogens is 1. The highest BCUT2D eigenvalue weighted by molar-refractivity contribution is 5.57. The van der Waals surface area contributed by atoms with Gasteiger partial charge in [0.2, 0.25) is 0 Å². The fourth-order valence-corrected chi connectivity index (χ4v) is 2.79. The van der Waals surface area contributed by atoms with Gasteiger partial charge in [0.15, 0.2) is 5.82 Å². The molecule has 0 radical (unpaired) electrons. The number of aryl methyl sites for hydroxylation is 1. The van der Waals surface area contributed by atoms with Crippen molar-refractivity contribution in [1.29, 1.82) is 0 Å². The second-order valence-corrected chi connectivity index (χ2v) is 6.00. The summed E-state index contributed by atoms with van der Waals surface area (Å²) >= 11 is 0. The summed E-state index contributed by atoms with van der Waals surface area (Å²) in [4.78, 5) is 6.30. The first-order chi connectivity index (χ1) is 12.1. The molecule has 130 valence electrons. The quantitative estimate of drug-likeness (QED) is 0.745. The van der Waals surface area contributed by atoms with Gasteiger partial charge in [0.1, 0.15) is 5.82 Å². The molecule has 0 aliphatic rings. The third kappa shape index (κ3) is 3.92. The summed E-state index contributed by atoms with van der Waals surface area (Å²) in [6.07, 6.45) is 0. The van der Waals surface area contributed by atoms with Crippen molar-refractivity contribution < 1.29 is 14.0 Å². The highest BCUT2D eigenvalue weighted by Crippen LogP contribution is 2.24. The number of likely N-dealkylation sites (N-methyl/N-ethyl adjacent to an activating group) is 1. The standard InChI is InChI=1S/C19H20FN3O2/c1-13-6-3-4-9-16(13)19-21-18(22-25-19)11-23(2)17(12-24)14-7-5-8-15(20)10-14/h3-10,17,24H,11-12H2,1-2H3/t17-/m1/s1. The van der Waals surface area contributed by atoms with E-state index in [4.69, 9.17) is 4.52 Å². The van der Waals surface area contributed by atoms with E-state index < -0.39 is 0 Å². The third-order valence-electron chi connectivity index (χ3n) is 4.17. The molecule has 0 amide bonds. The molecular weight excluding hydrogens is 321 g/mol. The number of rotatable bonds is 6. The lowest BCUT2D eigenvalue weighted by Crippen LogP contribution is -2.27. The zero-order valence-corrected chi connectivity index (χ0v) is 14.2. The van der Waals surface area contributed by atoms with Gasteiger partial charge in [-0.2, -0.15) is 4.98 Å². The van der Waals surface area contributed by atoms with Gasteiger partial charge in [-0.1, -0.05) is 35.5 Å². The van der Waals surface area contributed by atoms with Crippen LogP contribution in [-0.2, 0) is 6.54 Å². The minimum Gasteiger partial charge on any atom is -0.394 e. The van der Waals surface area contributed by atoms with E-state index in [9.17, 15) is 9.50 Å². The average molecular weight is 341 g/mol. The summed E-state index contributed by atoms with van der Waals surface area (Å²) in [7, 11) is 1.83. The van der Waals surface area contributed by atoms with Crippen LogP contribution in [0.4, 0.5) is 4.39 Å². The molecule has 0 bridgehead atoms. The third-order valence-corrected chi connectivity index (χ3v) is 4.17. The Kier molecular flexibility index (Phi) is 5.21. The van der Waals surface area contributed by atoms with Crippen molar-refractivity contribution in [1.82, 2.24) is 15.0 Å². The molecule has 0 saturated carbocycles. The fourth-order valence-electron chi connectivity index (χ4n) is 2.79. The molecule has 1 atom stereocenters. The van der Waals surface area contributed by atoms with Crippen LogP contribution in [0.3, 0.4) is 0 Å². The van der Waals surface area contributed by atoms with E-state index in [1.165, 1.54) is 12.1 Å². The molecule has 6 heteroatoms. The van der Waals surface area contributed by atoms with Gasteiger partial charge >= 0.3 is 0 Å². The molecule has 5 nitrogen and oxygen atoms in total. The predicted octanol–water partition coefficient (Wildman–Crippen LogP) is 3.35. The van der Waals surface area contributed by atoms with Crippen LogP contribution in [0.2, 0.25) is 0 Å². The van der Waals surface area contributed by atoms with Crippen molar-refractivity contribution >= 4 is 0 Å². The van der Waals surface area contributed by atoms with Gasteiger partial charge in [-0.05, 0) is 43.3 Å². The van der Waals surface area contributed by atoms with Crippen molar-refractivity contribution in [2.24, 2.45) is 0 Å². The van der Waals surface area contributed by atoms with E-state index >= 15 is 0 Å². The maximum absolute atomic E-state index is 13.4. The van der Waals surface area contributed by atoms with Gasteiger partial charge in [0, 0.05) is 5.56 Å². The first kappa shape index (κ1) is 17.3. The lowest BCUT2D eigenvalue weighted by Gasteiger charge is -2.25. The van der Waals surface area contributed by atoms with Gasteiger partial charge < -0.3 is 9.63 Å². The largest absolute Gasteiger partial charge is 0.394 e. The first-order valence-electron chi connectivity index (χ1n) is 8.03. The second-order valence-electron chi connectivity index (χ2n) is 6.00. The monoisotopic (exact) mass is 341 g/mol. The van der Waals surface area contributed by atoms with E-state index in [0.717, 1.165) is 11.1 Å². The second kappa shape index (κ2) is 7.55. The summed E-state index contributed by atoms with van der Waals surface area (Å²) in [5, 5.41) is 13.7. The van der Waals surface area contributed by atoms with Crippen LogP contribution in [0.15, 0.2) is 53.1 Å². The molecule has 1 heterocycles. The maximum Gasteiger partial charge on any atom is 0.258 e. The predicted molar refractivity (Wildman–Crippen MR) is 92.2 cm³/mol. The molecule has 25 heavy (non-hydrogen) atoms. The molecule has 0 saturated heterocycles. The number of aliphatic hydroxyl groups is 1. The van der Waals surface area contributed by atoms with Crippen LogP contribution in [0, 0.1) is 12.7 Å². The zero-order valence-electron chi connectivity index (χ0n) is 14.2. The number of hydrogen-bond acceptors (Lipinski definition) is 5. The van der Waals surface area contributed by atoms with Crippen molar-refractivity contribution in [3.8, 4) is 11.5 Å². The molecule has 2 aromatic carbocycles. The Bertz CT molecular complexity index is 850. The van der Waals surface area contributed by atoms with Crippen molar-refractivity contribution in [2.45, 2.75) is 19.5 Å². The molecule has 0 spiro atoms.